The van der Waals surface area contributed by atoms with Crippen LogP contribution in [-0.4, -0.2) is 21.9 Å². The van der Waals surface area contributed by atoms with Gasteiger partial charge in [-0.25, -0.2) is 4.79 Å². The number of nitrogens with zero attached hydrogens (tertiary/aromatic N) is 2. The zero-order chi connectivity index (χ0) is 15.1. The quantitative estimate of drug-likeness (QED) is 0.806. The molecule has 0 aromatic carbocycles. The Labute approximate surface area is 122 Å². The Morgan fingerprint density at radius 1 is 1.35 bits per heavy atom. The molecule has 1 aromatic rings. The number of aromatic nitrogens is 2. The van der Waals surface area contributed by atoms with E-state index in [9.17, 15) is 4.79 Å². The molecular formula is C15H28N4O. The Balaban J connectivity index is 2.31. The highest BCUT2D eigenvalue weighted by Gasteiger charge is 2.10. The van der Waals surface area contributed by atoms with Crippen LogP contribution in [0.4, 0.5) is 4.79 Å². The summed E-state index contributed by atoms with van der Waals surface area (Å²) in [5.74, 6) is 0.632. The predicted octanol–water partition coefficient (Wildman–Crippen LogP) is 3.09. The highest BCUT2D eigenvalue weighted by molar-refractivity contribution is 5.74. The van der Waals surface area contributed by atoms with Crippen LogP contribution < -0.4 is 10.6 Å². The molecule has 2 unspecified atom stereocenters. The van der Waals surface area contributed by atoms with Gasteiger partial charge in [0.15, 0.2) is 0 Å². The summed E-state index contributed by atoms with van der Waals surface area (Å²) >= 11 is 0. The molecule has 0 fully saturated rings. The van der Waals surface area contributed by atoms with Gasteiger partial charge in [-0.3, -0.25) is 4.68 Å². The molecule has 1 aromatic heterocycles. The summed E-state index contributed by atoms with van der Waals surface area (Å²) in [5, 5.41) is 10.2. The maximum absolute atomic E-state index is 11.8. The van der Waals surface area contributed by atoms with Crippen LogP contribution in [0.1, 0.15) is 59.2 Å². The lowest BCUT2D eigenvalue weighted by molar-refractivity contribution is 0.235. The lowest BCUT2D eigenvalue weighted by atomic mass is 10.0. The Morgan fingerprint density at radius 3 is 2.60 bits per heavy atom. The molecule has 2 atom stereocenters. The Morgan fingerprint density at radius 2 is 2.05 bits per heavy atom. The average molecular weight is 280 g/mol. The summed E-state index contributed by atoms with van der Waals surface area (Å²) in [6.45, 7) is 11.0. The first-order chi connectivity index (χ1) is 9.42. The highest BCUT2D eigenvalue weighted by atomic mass is 16.2. The van der Waals surface area contributed by atoms with E-state index in [1.807, 2.05) is 23.9 Å². The molecule has 1 rings (SSSR count). The standard InChI is InChI=1S/C15H28N4O/c1-6-12(4)9-13(5)17-15(20)16-10-14-7-8-19(18-14)11(2)3/h7-8,11-13H,6,9-10H2,1-5H3,(H2,16,17,20). The topological polar surface area (TPSA) is 59.0 Å². The molecule has 0 saturated heterocycles. The first-order valence-electron chi connectivity index (χ1n) is 7.50. The minimum absolute atomic E-state index is 0.125. The second-order valence-electron chi connectivity index (χ2n) is 5.86. The summed E-state index contributed by atoms with van der Waals surface area (Å²) in [6.07, 6.45) is 4.08. The van der Waals surface area contributed by atoms with Crippen molar-refractivity contribution in [1.29, 1.82) is 0 Å². The van der Waals surface area contributed by atoms with E-state index in [1.165, 1.54) is 0 Å². The maximum atomic E-state index is 11.8. The first-order valence-corrected chi connectivity index (χ1v) is 7.50. The molecule has 5 nitrogen and oxygen atoms in total. The van der Waals surface area contributed by atoms with Crippen LogP contribution in [0.25, 0.3) is 0 Å². The van der Waals surface area contributed by atoms with Crippen LogP contribution in [0.15, 0.2) is 12.3 Å². The van der Waals surface area contributed by atoms with E-state index in [1.54, 1.807) is 0 Å². The SMILES string of the molecule is CCC(C)CC(C)NC(=O)NCc1ccn(C(C)C)n1. The number of nitrogens with one attached hydrogen (secondary N) is 2. The molecule has 5 heteroatoms. The monoisotopic (exact) mass is 280 g/mol. The maximum Gasteiger partial charge on any atom is 0.315 e. The molecular weight excluding hydrogens is 252 g/mol. The van der Waals surface area contributed by atoms with Crippen molar-refractivity contribution in [3.8, 4) is 0 Å². The Bertz CT molecular complexity index is 414. The molecule has 0 aliphatic heterocycles. The van der Waals surface area contributed by atoms with Crippen LogP contribution in [0.5, 0.6) is 0 Å². The van der Waals surface area contributed by atoms with Gasteiger partial charge in [0, 0.05) is 18.3 Å². The van der Waals surface area contributed by atoms with E-state index >= 15 is 0 Å². The van der Waals surface area contributed by atoms with Crippen molar-refractivity contribution in [3.05, 3.63) is 18.0 Å². The molecule has 0 bridgehead atoms. The highest BCUT2D eigenvalue weighted by Crippen LogP contribution is 2.09. The zero-order valence-corrected chi connectivity index (χ0v) is 13.3. The Kier molecular flexibility index (Phi) is 6.55. The predicted molar refractivity (Wildman–Crippen MR) is 81.5 cm³/mol. The van der Waals surface area contributed by atoms with Crippen molar-refractivity contribution >= 4 is 6.03 Å². The van der Waals surface area contributed by atoms with Gasteiger partial charge < -0.3 is 10.6 Å². The van der Waals surface area contributed by atoms with Crippen LogP contribution in [0, 0.1) is 5.92 Å². The smallest absolute Gasteiger partial charge is 0.315 e. The third-order valence-corrected chi connectivity index (χ3v) is 3.45. The van der Waals surface area contributed by atoms with E-state index in [4.69, 9.17) is 0 Å². The fraction of sp³-hybridized carbons (Fsp3) is 0.733. The molecule has 20 heavy (non-hydrogen) atoms. The number of urea groups is 1. The molecule has 0 radical (unpaired) electrons. The largest absolute Gasteiger partial charge is 0.336 e. The van der Waals surface area contributed by atoms with Crippen LogP contribution in [-0.2, 0) is 6.54 Å². The molecule has 1 heterocycles. The van der Waals surface area contributed by atoms with Gasteiger partial charge in [-0.05, 0) is 39.2 Å². The number of amides is 2. The van der Waals surface area contributed by atoms with Crippen molar-refractivity contribution in [1.82, 2.24) is 20.4 Å². The molecule has 0 aliphatic carbocycles. The van der Waals surface area contributed by atoms with Gasteiger partial charge >= 0.3 is 6.03 Å². The minimum atomic E-state index is -0.125. The first kappa shape index (κ1) is 16.5. The van der Waals surface area contributed by atoms with E-state index in [0.29, 0.717) is 18.5 Å². The van der Waals surface area contributed by atoms with Gasteiger partial charge in [0.1, 0.15) is 0 Å². The van der Waals surface area contributed by atoms with Crippen molar-refractivity contribution in [3.63, 3.8) is 0 Å². The van der Waals surface area contributed by atoms with Gasteiger partial charge in [0.2, 0.25) is 0 Å². The number of carbonyl (C=O) groups excluding carboxylic acids is 1. The number of carbonyl (C=O) groups is 1. The molecule has 2 N–H and O–H groups in total. The molecule has 0 aliphatic rings. The van der Waals surface area contributed by atoms with Crippen LogP contribution >= 0.6 is 0 Å². The van der Waals surface area contributed by atoms with Crippen molar-refractivity contribution in [2.75, 3.05) is 0 Å². The van der Waals surface area contributed by atoms with Crippen LogP contribution in [0.2, 0.25) is 0 Å². The van der Waals surface area contributed by atoms with E-state index in [-0.39, 0.29) is 12.1 Å². The lowest BCUT2D eigenvalue weighted by Gasteiger charge is -2.17. The van der Waals surface area contributed by atoms with Gasteiger partial charge in [0.05, 0.1) is 12.2 Å². The van der Waals surface area contributed by atoms with E-state index < -0.39 is 0 Å². The second kappa shape index (κ2) is 7.92. The van der Waals surface area contributed by atoms with Gasteiger partial charge in [-0.2, -0.15) is 5.10 Å². The average Bonchev–Trinajstić information content (AvgIpc) is 2.85. The molecule has 114 valence electrons. The summed E-state index contributed by atoms with van der Waals surface area (Å²) < 4.78 is 1.89. The summed E-state index contributed by atoms with van der Waals surface area (Å²) in [4.78, 5) is 11.8. The molecule has 0 spiro atoms. The third-order valence-electron chi connectivity index (χ3n) is 3.45. The second-order valence-corrected chi connectivity index (χ2v) is 5.86. The lowest BCUT2D eigenvalue weighted by Crippen LogP contribution is -2.41. The van der Waals surface area contributed by atoms with Crippen molar-refractivity contribution < 1.29 is 4.79 Å². The van der Waals surface area contributed by atoms with Gasteiger partial charge in [-0.1, -0.05) is 20.3 Å². The van der Waals surface area contributed by atoms with E-state index in [0.717, 1.165) is 18.5 Å². The number of hydrogen-bond acceptors (Lipinski definition) is 2. The minimum Gasteiger partial charge on any atom is -0.336 e. The number of hydrogen-bond donors (Lipinski definition) is 2. The van der Waals surface area contributed by atoms with Crippen LogP contribution in [0.3, 0.4) is 0 Å². The fourth-order valence-electron chi connectivity index (χ4n) is 2.03. The Hall–Kier alpha value is -1.52. The molecule has 0 saturated carbocycles. The summed E-state index contributed by atoms with van der Waals surface area (Å²) in [6, 6.07) is 2.34. The van der Waals surface area contributed by atoms with Gasteiger partial charge in [0.25, 0.3) is 0 Å². The normalized spacial score (nSPS) is 14.1. The fourth-order valence-corrected chi connectivity index (χ4v) is 2.03. The van der Waals surface area contributed by atoms with Crippen molar-refractivity contribution in [2.45, 2.75) is 66.1 Å². The molecule has 2 amide bonds. The van der Waals surface area contributed by atoms with Crippen molar-refractivity contribution in [2.24, 2.45) is 5.92 Å². The summed E-state index contributed by atoms with van der Waals surface area (Å²) in [5.41, 5.74) is 0.878. The number of rotatable bonds is 7. The van der Waals surface area contributed by atoms with Gasteiger partial charge in [-0.15, -0.1) is 0 Å². The zero-order valence-electron chi connectivity index (χ0n) is 13.3. The third kappa shape index (κ3) is 5.63. The van der Waals surface area contributed by atoms with E-state index in [2.05, 4.69) is 43.4 Å². The summed E-state index contributed by atoms with van der Waals surface area (Å²) in [7, 11) is 0.